The van der Waals surface area contributed by atoms with Crippen LogP contribution in [0.5, 0.6) is 0 Å². The smallest absolute Gasteiger partial charge is 0.0343 e. The molecule has 2 aromatic rings. The molecule has 4 N–H and O–H groups in total. The maximum atomic E-state index is 5.89. The highest BCUT2D eigenvalue weighted by molar-refractivity contribution is 5.50. The van der Waals surface area contributed by atoms with E-state index in [1.807, 2.05) is 19.1 Å². The van der Waals surface area contributed by atoms with Gasteiger partial charge in [0.25, 0.3) is 0 Å². The van der Waals surface area contributed by atoms with Crippen LogP contribution in [0, 0.1) is 6.92 Å². The molecular weight excluding hydrogens is 232 g/mol. The lowest BCUT2D eigenvalue weighted by Gasteiger charge is -2.14. The Labute approximate surface area is 115 Å². The predicted molar refractivity (Wildman–Crippen MR) is 83.3 cm³/mol. The number of benzene rings is 2. The number of nitrogens with two attached hydrogens (primary N) is 2. The molecule has 0 unspecified atom stereocenters. The summed E-state index contributed by atoms with van der Waals surface area (Å²) in [5, 5.41) is 0. The lowest BCUT2D eigenvalue weighted by atomic mass is 9.92. The summed E-state index contributed by atoms with van der Waals surface area (Å²) in [4.78, 5) is 0. The number of aryl methyl sites for hydroxylation is 1. The van der Waals surface area contributed by atoms with E-state index in [-0.39, 0.29) is 0 Å². The molecule has 0 atom stereocenters. The van der Waals surface area contributed by atoms with E-state index < -0.39 is 0 Å². The summed E-state index contributed by atoms with van der Waals surface area (Å²) >= 11 is 0. The van der Waals surface area contributed by atoms with Gasteiger partial charge < -0.3 is 11.5 Å². The van der Waals surface area contributed by atoms with Crippen molar-refractivity contribution in [3.8, 4) is 0 Å². The molecule has 0 aliphatic heterocycles. The molecule has 0 radical (unpaired) electrons. The molecule has 0 saturated heterocycles. The van der Waals surface area contributed by atoms with Crippen LogP contribution in [-0.4, -0.2) is 0 Å². The molecule has 2 aromatic carbocycles. The number of rotatable bonds is 3. The highest BCUT2D eigenvalue weighted by atomic mass is 14.6. The van der Waals surface area contributed by atoms with E-state index in [2.05, 4.69) is 38.1 Å². The zero-order valence-electron chi connectivity index (χ0n) is 11.9. The van der Waals surface area contributed by atoms with Gasteiger partial charge in [-0.2, -0.15) is 0 Å². The van der Waals surface area contributed by atoms with Gasteiger partial charge in [0.2, 0.25) is 0 Å². The first-order valence-electron chi connectivity index (χ1n) is 6.70. The summed E-state index contributed by atoms with van der Waals surface area (Å²) in [6, 6.07) is 12.4. The maximum absolute atomic E-state index is 5.89. The molecule has 0 bridgehead atoms. The van der Waals surface area contributed by atoms with Gasteiger partial charge in [0.1, 0.15) is 0 Å². The number of hydrogen-bond acceptors (Lipinski definition) is 2. The van der Waals surface area contributed by atoms with Crippen molar-refractivity contribution in [2.45, 2.75) is 33.1 Å². The Morgan fingerprint density at radius 3 is 2.37 bits per heavy atom. The van der Waals surface area contributed by atoms with Crippen molar-refractivity contribution < 1.29 is 0 Å². The number of hydrogen-bond donors (Lipinski definition) is 2. The van der Waals surface area contributed by atoms with Crippen molar-refractivity contribution in [1.29, 1.82) is 0 Å². The Morgan fingerprint density at radius 1 is 1.00 bits per heavy atom. The van der Waals surface area contributed by atoms with E-state index in [0.29, 0.717) is 5.92 Å². The second-order valence-corrected chi connectivity index (χ2v) is 5.48. The van der Waals surface area contributed by atoms with Crippen LogP contribution in [-0.2, 0) is 6.42 Å². The third-order valence-electron chi connectivity index (χ3n) is 3.52. The highest BCUT2D eigenvalue weighted by Gasteiger charge is 2.08. The third kappa shape index (κ3) is 3.08. The maximum Gasteiger partial charge on any atom is 0.0343 e. The second-order valence-electron chi connectivity index (χ2n) is 5.48. The molecular formula is C17H22N2. The van der Waals surface area contributed by atoms with Crippen LogP contribution in [0.25, 0.3) is 0 Å². The third-order valence-corrected chi connectivity index (χ3v) is 3.52. The van der Waals surface area contributed by atoms with E-state index in [0.717, 1.165) is 23.4 Å². The second kappa shape index (κ2) is 5.35. The van der Waals surface area contributed by atoms with Gasteiger partial charge in [-0.25, -0.2) is 0 Å². The summed E-state index contributed by atoms with van der Waals surface area (Å²) in [6.45, 7) is 6.45. The number of nitrogen functional groups attached to an aromatic ring is 2. The summed E-state index contributed by atoms with van der Waals surface area (Å²) in [7, 11) is 0. The standard InChI is InChI=1S/C17H22N2/c1-11(2)16-10-15(18)6-5-14(16)9-13-4-7-17(19)12(3)8-13/h4-8,10-11H,9,18-19H2,1-3H3. The van der Waals surface area contributed by atoms with Crippen LogP contribution < -0.4 is 11.5 Å². The molecule has 100 valence electrons. The van der Waals surface area contributed by atoms with Gasteiger partial charge in [0.05, 0.1) is 0 Å². The minimum Gasteiger partial charge on any atom is -0.399 e. The van der Waals surface area contributed by atoms with Crippen LogP contribution in [0.3, 0.4) is 0 Å². The molecule has 0 aliphatic carbocycles. The zero-order valence-corrected chi connectivity index (χ0v) is 11.9. The van der Waals surface area contributed by atoms with Gasteiger partial charge in [-0.15, -0.1) is 0 Å². The number of anilines is 2. The molecule has 2 heteroatoms. The molecule has 0 amide bonds. The minimum absolute atomic E-state index is 0.480. The average molecular weight is 254 g/mol. The van der Waals surface area contributed by atoms with Crippen molar-refractivity contribution >= 4 is 11.4 Å². The van der Waals surface area contributed by atoms with Gasteiger partial charge in [-0.1, -0.05) is 32.0 Å². The molecule has 0 spiro atoms. The first-order chi connectivity index (χ1) is 8.97. The van der Waals surface area contributed by atoms with E-state index >= 15 is 0 Å². The van der Waals surface area contributed by atoms with Crippen molar-refractivity contribution in [2.24, 2.45) is 0 Å². The van der Waals surface area contributed by atoms with E-state index in [1.165, 1.54) is 16.7 Å². The van der Waals surface area contributed by atoms with Crippen LogP contribution in [0.15, 0.2) is 36.4 Å². The lowest BCUT2D eigenvalue weighted by Crippen LogP contribution is -2.00. The highest BCUT2D eigenvalue weighted by Crippen LogP contribution is 2.25. The first kappa shape index (κ1) is 13.5. The molecule has 2 rings (SSSR count). The quantitative estimate of drug-likeness (QED) is 0.817. The van der Waals surface area contributed by atoms with Crippen LogP contribution in [0.1, 0.15) is 42.0 Å². The normalized spacial score (nSPS) is 10.9. The zero-order chi connectivity index (χ0) is 14.0. The van der Waals surface area contributed by atoms with Crippen molar-refractivity contribution in [3.05, 3.63) is 58.7 Å². The van der Waals surface area contributed by atoms with Gasteiger partial charge in [-0.3, -0.25) is 0 Å². The van der Waals surface area contributed by atoms with E-state index in [9.17, 15) is 0 Å². The molecule has 0 saturated carbocycles. The molecule has 0 fully saturated rings. The Balaban J connectivity index is 2.35. The van der Waals surface area contributed by atoms with Crippen LogP contribution in [0.2, 0.25) is 0 Å². The van der Waals surface area contributed by atoms with Crippen LogP contribution >= 0.6 is 0 Å². The van der Waals surface area contributed by atoms with Gasteiger partial charge >= 0.3 is 0 Å². The van der Waals surface area contributed by atoms with Gasteiger partial charge in [0, 0.05) is 11.4 Å². The fourth-order valence-corrected chi connectivity index (χ4v) is 2.38. The monoisotopic (exact) mass is 254 g/mol. The summed E-state index contributed by atoms with van der Waals surface area (Å²) in [5.41, 5.74) is 18.5. The molecule has 19 heavy (non-hydrogen) atoms. The summed E-state index contributed by atoms with van der Waals surface area (Å²) < 4.78 is 0. The summed E-state index contributed by atoms with van der Waals surface area (Å²) in [5.74, 6) is 0.480. The Kier molecular flexibility index (Phi) is 3.79. The fraction of sp³-hybridized carbons (Fsp3) is 0.294. The fourth-order valence-electron chi connectivity index (χ4n) is 2.38. The molecule has 0 aromatic heterocycles. The van der Waals surface area contributed by atoms with Crippen molar-refractivity contribution in [3.63, 3.8) is 0 Å². The van der Waals surface area contributed by atoms with Gasteiger partial charge in [0.15, 0.2) is 0 Å². The predicted octanol–water partition coefficient (Wildman–Crippen LogP) is 3.87. The van der Waals surface area contributed by atoms with E-state index in [4.69, 9.17) is 11.5 Å². The Bertz CT molecular complexity index is 586. The topological polar surface area (TPSA) is 52.0 Å². The van der Waals surface area contributed by atoms with E-state index in [1.54, 1.807) is 0 Å². The average Bonchev–Trinajstić information content (AvgIpc) is 2.36. The largest absolute Gasteiger partial charge is 0.399 e. The van der Waals surface area contributed by atoms with Crippen LogP contribution in [0.4, 0.5) is 11.4 Å². The van der Waals surface area contributed by atoms with Crippen molar-refractivity contribution in [1.82, 2.24) is 0 Å². The molecule has 0 heterocycles. The Morgan fingerprint density at radius 2 is 1.74 bits per heavy atom. The van der Waals surface area contributed by atoms with Gasteiger partial charge in [-0.05, 0) is 59.7 Å². The SMILES string of the molecule is Cc1cc(Cc2ccc(N)cc2C(C)C)ccc1N. The molecule has 2 nitrogen and oxygen atoms in total. The molecule has 0 aliphatic rings. The Hall–Kier alpha value is -1.96. The van der Waals surface area contributed by atoms with Crippen molar-refractivity contribution in [2.75, 3.05) is 11.5 Å². The summed E-state index contributed by atoms with van der Waals surface area (Å²) in [6.07, 6.45) is 0.926. The lowest BCUT2D eigenvalue weighted by molar-refractivity contribution is 0.849. The first-order valence-corrected chi connectivity index (χ1v) is 6.70. The minimum atomic E-state index is 0.480.